The Morgan fingerprint density at radius 3 is 2.06 bits per heavy atom. The molecule has 2 aliphatic rings. The molecule has 0 aromatic rings. The predicted octanol–water partition coefficient (Wildman–Crippen LogP) is 1.74. The normalized spacial score (nSPS) is 34.0. The average Bonchev–Trinajstić information content (AvgIpc) is 2.35. The van der Waals surface area contributed by atoms with E-state index in [1.54, 1.807) is 0 Å². The molecule has 0 saturated carbocycles. The summed E-state index contributed by atoms with van der Waals surface area (Å²) in [5.74, 6) is 0.930. The zero-order valence-corrected chi connectivity index (χ0v) is 12.7. The Morgan fingerprint density at radius 1 is 1.00 bits per heavy atom. The minimum absolute atomic E-state index is 0.730. The largest absolute Gasteiger partial charge is 0.306 e. The average molecular weight is 253 g/mol. The topological polar surface area (TPSA) is 9.72 Å². The SMILES string of the molecule is CCN1C[C@H](C)N(CC2CCN(C)CC2)[C@@H](C)C1. The number of likely N-dealkylation sites (tertiary alicyclic amines) is 1. The van der Waals surface area contributed by atoms with E-state index in [1.165, 1.54) is 52.1 Å². The van der Waals surface area contributed by atoms with Gasteiger partial charge in [-0.25, -0.2) is 0 Å². The minimum Gasteiger partial charge on any atom is -0.306 e. The molecule has 0 radical (unpaired) electrons. The van der Waals surface area contributed by atoms with Crippen molar-refractivity contribution in [1.82, 2.24) is 14.7 Å². The maximum atomic E-state index is 2.77. The number of nitrogens with zero attached hydrogens (tertiary/aromatic N) is 3. The fourth-order valence-corrected chi connectivity index (χ4v) is 3.63. The molecule has 0 aromatic heterocycles. The summed E-state index contributed by atoms with van der Waals surface area (Å²) in [6.07, 6.45) is 2.79. The summed E-state index contributed by atoms with van der Waals surface area (Å²) in [5.41, 5.74) is 0. The molecule has 2 fully saturated rings. The van der Waals surface area contributed by atoms with Crippen LogP contribution < -0.4 is 0 Å². The Bertz CT molecular complexity index is 236. The Labute approximate surface area is 113 Å². The minimum atomic E-state index is 0.730. The van der Waals surface area contributed by atoms with Crippen LogP contribution in [0.15, 0.2) is 0 Å². The van der Waals surface area contributed by atoms with Crippen molar-refractivity contribution in [2.75, 3.05) is 46.3 Å². The molecule has 2 aliphatic heterocycles. The lowest BCUT2D eigenvalue weighted by atomic mass is 9.94. The Balaban J connectivity index is 1.84. The molecule has 3 nitrogen and oxygen atoms in total. The van der Waals surface area contributed by atoms with Gasteiger partial charge in [0.15, 0.2) is 0 Å². The first-order valence-electron chi connectivity index (χ1n) is 7.76. The highest BCUT2D eigenvalue weighted by atomic mass is 15.3. The molecule has 2 atom stereocenters. The second-order valence-electron chi connectivity index (χ2n) is 6.49. The molecule has 0 spiro atoms. The fourth-order valence-electron chi connectivity index (χ4n) is 3.63. The molecule has 0 bridgehead atoms. The lowest BCUT2D eigenvalue weighted by molar-refractivity contribution is 0.0219. The number of piperazine rings is 1. The Morgan fingerprint density at radius 2 is 1.56 bits per heavy atom. The quantitative estimate of drug-likeness (QED) is 0.758. The van der Waals surface area contributed by atoms with Crippen molar-refractivity contribution < 1.29 is 0 Å². The number of hydrogen-bond acceptors (Lipinski definition) is 3. The Kier molecular flexibility index (Phi) is 5.05. The van der Waals surface area contributed by atoms with Crippen molar-refractivity contribution in [2.24, 2.45) is 5.92 Å². The van der Waals surface area contributed by atoms with Gasteiger partial charge in [-0.05, 0) is 59.3 Å². The smallest absolute Gasteiger partial charge is 0.0198 e. The molecular weight excluding hydrogens is 222 g/mol. The first kappa shape index (κ1) is 14.3. The van der Waals surface area contributed by atoms with Gasteiger partial charge >= 0.3 is 0 Å². The molecule has 2 rings (SSSR count). The fraction of sp³-hybridized carbons (Fsp3) is 1.00. The van der Waals surface area contributed by atoms with Crippen LogP contribution >= 0.6 is 0 Å². The van der Waals surface area contributed by atoms with E-state index in [2.05, 4.69) is 42.5 Å². The molecule has 2 saturated heterocycles. The molecular formula is C15H31N3. The predicted molar refractivity (Wildman–Crippen MR) is 78.0 cm³/mol. The molecule has 0 aromatic carbocycles. The lowest BCUT2D eigenvalue weighted by Gasteiger charge is -2.46. The Hall–Kier alpha value is -0.120. The summed E-state index contributed by atoms with van der Waals surface area (Å²) >= 11 is 0. The van der Waals surface area contributed by atoms with Crippen molar-refractivity contribution >= 4 is 0 Å². The van der Waals surface area contributed by atoms with Crippen LogP contribution in [0.25, 0.3) is 0 Å². The van der Waals surface area contributed by atoms with Gasteiger partial charge in [-0.2, -0.15) is 0 Å². The van der Waals surface area contributed by atoms with E-state index in [1.807, 2.05) is 0 Å². The highest BCUT2D eigenvalue weighted by Crippen LogP contribution is 2.22. The van der Waals surface area contributed by atoms with Crippen LogP contribution in [-0.2, 0) is 0 Å². The van der Waals surface area contributed by atoms with Gasteiger partial charge < -0.3 is 9.80 Å². The van der Waals surface area contributed by atoms with Crippen LogP contribution in [0.4, 0.5) is 0 Å². The highest BCUT2D eigenvalue weighted by Gasteiger charge is 2.30. The second-order valence-corrected chi connectivity index (χ2v) is 6.49. The van der Waals surface area contributed by atoms with Crippen LogP contribution in [-0.4, -0.2) is 73.1 Å². The van der Waals surface area contributed by atoms with Crippen LogP contribution in [0.5, 0.6) is 0 Å². The first-order chi connectivity index (χ1) is 8.60. The zero-order valence-electron chi connectivity index (χ0n) is 12.7. The molecule has 0 N–H and O–H groups in total. The summed E-state index contributed by atoms with van der Waals surface area (Å²) in [6.45, 7) is 14.7. The summed E-state index contributed by atoms with van der Waals surface area (Å²) in [6, 6.07) is 1.46. The second kappa shape index (κ2) is 6.36. The van der Waals surface area contributed by atoms with Gasteiger partial charge in [0.25, 0.3) is 0 Å². The molecule has 3 heteroatoms. The third kappa shape index (κ3) is 3.46. The van der Waals surface area contributed by atoms with Crippen molar-refractivity contribution in [3.8, 4) is 0 Å². The van der Waals surface area contributed by atoms with Gasteiger partial charge in [-0.15, -0.1) is 0 Å². The summed E-state index contributed by atoms with van der Waals surface area (Å²) in [4.78, 5) is 7.83. The number of hydrogen-bond donors (Lipinski definition) is 0. The van der Waals surface area contributed by atoms with Crippen LogP contribution in [0, 0.1) is 5.92 Å². The summed E-state index contributed by atoms with van der Waals surface area (Å²) < 4.78 is 0. The van der Waals surface area contributed by atoms with Crippen molar-refractivity contribution in [3.05, 3.63) is 0 Å². The third-order valence-corrected chi connectivity index (χ3v) is 4.93. The van der Waals surface area contributed by atoms with E-state index in [9.17, 15) is 0 Å². The van der Waals surface area contributed by atoms with Crippen LogP contribution in [0.2, 0.25) is 0 Å². The molecule has 106 valence electrons. The van der Waals surface area contributed by atoms with E-state index in [-0.39, 0.29) is 0 Å². The van der Waals surface area contributed by atoms with E-state index in [0.29, 0.717) is 0 Å². The molecule has 0 amide bonds. The molecule has 2 heterocycles. The highest BCUT2D eigenvalue weighted by molar-refractivity contribution is 4.86. The standard InChI is InChI=1S/C15H31N3/c1-5-17-10-13(2)18(14(3)11-17)12-15-6-8-16(4)9-7-15/h13-15H,5-12H2,1-4H3/t13-,14-/m0/s1. The number of rotatable bonds is 3. The maximum Gasteiger partial charge on any atom is 0.0198 e. The van der Waals surface area contributed by atoms with Crippen molar-refractivity contribution in [1.29, 1.82) is 0 Å². The maximum absolute atomic E-state index is 2.77. The first-order valence-corrected chi connectivity index (χ1v) is 7.76. The molecule has 0 aliphatic carbocycles. The number of piperidine rings is 1. The summed E-state index contributed by atoms with van der Waals surface area (Å²) in [5, 5.41) is 0. The van der Waals surface area contributed by atoms with Gasteiger partial charge in [0.05, 0.1) is 0 Å². The van der Waals surface area contributed by atoms with Gasteiger partial charge in [0.2, 0.25) is 0 Å². The summed E-state index contributed by atoms with van der Waals surface area (Å²) in [7, 11) is 2.25. The van der Waals surface area contributed by atoms with Crippen LogP contribution in [0.3, 0.4) is 0 Å². The van der Waals surface area contributed by atoms with E-state index in [0.717, 1.165) is 18.0 Å². The zero-order chi connectivity index (χ0) is 13.1. The third-order valence-electron chi connectivity index (χ3n) is 4.93. The van der Waals surface area contributed by atoms with Crippen molar-refractivity contribution in [2.45, 2.75) is 45.7 Å². The lowest BCUT2D eigenvalue weighted by Crippen LogP contribution is -2.57. The van der Waals surface area contributed by atoms with E-state index >= 15 is 0 Å². The van der Waals surface area contributed by atoms with Crippen LogP contribution in [0.1, 0.15) is 33.6 Å². The number of likely N-dealkylation sites (N-methyl/N-ethyl adjacent to an activating group) is 1. The van der Waals surface area contributed by atoms with Gasteiger partial charge in [-0.3, -0.25) is 4.90 Å². The van der Waals surface area contributed by atoms with Gasteiger partial charge in [0.1, 0.15) is 0 Å². The monoisotopic (exact) mass is 253 g/mol. The van der Waals surface area contributed by atoms with Gasteiger partial charge in [0, 0.05) is 31.7 Å². The molecule has 0 unspecified atom stereocenters. The van der Waals surface area contributed by atoms with Crippen molar-refractivity contribution in [3.63, 3.8) is 0 Å². The molecule has 18 heavy (non-hydrogen) atoms. The van der Waals surface area contributed by atoms with Gasteiger partial charge in [-0.1, -0.05) is 6.92 Å². The van der Waals surface area contributed by atoms with E-state index < -0.39 is 0 Å². The van der Waals surface area contributed by atoms with E-state index in [4.69, 9.17) is 0 Å².